The highest BCUT2D eigenvalue weighted by molar-refractivity contribution is 7.22. The summed E-state index contributed by atoms with van der Waals surface area (Å²) in [5.41, 5.74) is 0.0324. The summed E-state index contributed by atoms with van der Waals surface area (Å²) in [5, 5.41) is 0.280. The Kier molecular flexibility index (Phi) is 5.44. The van der Waals surface area contributed by atoms with E-state index in [4.69, 9.17) is 9.47 Å². The number of para-hydroxylation sites is 2. The third kappa shape index (κ3) is 4.01. The molecular weight excluding hydrogens is 438 g/mol. The molecule has 32 heavy (non-hydrogen) atoms. The molecule has 1 atom stereocenters. The van der Waals surface area contributed by atoms with Crippen molar-refractivity contribution in [3.8, 4) is 11.5 Å². The lowest BCUT2D eigenvalue weighted by Gasteiger charge is -2.29. The molecule has 2 aromatic carbocycles. The number of nitrogens with zero attached hydrogens (tertiary/aromatic N) is 4. The monoisotopic (exact) mass is 456 g/mol. The third-order valence-electron chi connectivity index (χ3n) is 5.04. The number of rotatable bonds is 6. The zero-order valence-corrected chi connectivity index (χ0v) is 17.6. The molecule has 0 aliphatic carbocycles. The molecule has 4 aromatic rings. The minimum Gasteiger partial charge on any atom is -0.485 e. The minimum atomic E-state index is -0.883. The number of thiazole rings is 1. The molecule has 0 spiro atoms. The number of anilines is 1. The molecule has 0 saturated heterocycles. The number of carbonyl (C=O) groups is 1. The van der Waals surface area contributed by atoms with Gasteiger partial charge in [0, 0.05) is 31.5 Å². The smallest absolute Gasteiger partial charge is 0.273 e. The summed E-state index contributed by atoms with van der Waals surface area (Å²) >= 11 is 1.06. The zero-order chi connectivity index (χ0) is 22.1. The lowest BCUT2D eigenvalue weighted by molar-refractivity contribution is -0.127. The standard InChI is InChI=1S/C22H18F2N4O3S/c23-14-10-15(24)20-19(11-14)32-22(26-20)28(8-3-7-27-9-6-25-13-27)21(29)18-12-30-16-4-1-2-5-17(16)31-18/h1-2,4-6,9-11,13,18H,3,7-8,12H2. The third-order valence-corrected chi connectivity index (χ3v) is 6.07. The molecule has 1 aliphatic rings. The summed E-state index contributed by atoms with van der Waals surface area (Å²) in [4.78, 5) is 23.2. The fourth-order valence-electron chi connectivity index (χ4n) is 3.51. The number of hydrogen-bond donors (Lipinski definition) is 0. The van der Waals surface area contributed by atoms with Crippen molar-refractivity contribution in [2.45, 2.75) is 19.1 Å². The number of carbonyl (C=O) groups excluding carboxylic acids is 1. The van der Waals surface area contributed by atoms with E-state index >= 15 is 0 Å². The van der Waals surface area contributed by atoms with E-state index in [0.29, 0.717) is 35.7 Å². The zero-order valence-electron chi connectivity index (χ0n) is 16.8. The van der Waals surface area contributed by atoms with E-state index in [1.165, 1.54) is 11.0 Å². The summed E-state index contributed by atoms with van der Waals surface area (Å²) in [5.74, 6) is -0.762. The second-order valence-electron chi connectivity index (χ2n) is 7.24. The van der Waals surface area contributed by atoms with Crippen LogP contribution in [0.25, 0.3) is 10.2 Å². The van der Waals surface area contributed by atoms with Gasteiger partial charge in [0.25, 0.3) is 5.91 Å². The predicted octanol–water partition coefficient (Wildman–Crippen LogP) is 4.03. The van der Waals surface area contributed by atoms with E-state index in [2.05, 4.69) is 9.97 Å². The fraction of sp³-hybridized carbons (Fsp3) is 0.227. The Balaban J connectivity index is 1.42. The highest BCUT2D eigenvalue weighted by atomic mass is 32.1. The molecule has 0 fully saturated rings. The number of benzene rings is 2. The van der Waals surface area contributed by atoms with E-state index in [0.717, 1.165) is 17.4 Å². The van der Waals surface area contributed by atoms with Crippen LogP contribution in [-0.4, -0.2) is 39.7 Å². The van der Waals surface area contributed by atoms with Gasteiger partial charge in [-0.15, -0.1) is 0 Å². The van der Waals surface area contributed by atoms with E-state index in [1.807, 2.05) is 16.8 Å². The van der Waals surface area contributed by atoms with Gasteiger partial charge in [-0.3, -0.25) is 9.69 Å². The topological polar surface area (TPSA) is 69.5 Å². The second-order valence-corrected chi connectivity index (χ2v) is 8.25. The molecule has 10 heteroatoms. The van der Waals surface area contributed by atoms with Gasteiger partial charge < -0.3 is 14.0 Å². The molecule has 0 N–H and O–H groups in total. The first-order chi connectivity index (χ1) is 15.6. The number of imidazole rings is 1. The van der Waals surface area contributed by atoms with Gasteiger partial charge in [-0.2, -0.15) is 0 Å². The molecule has 1 unspecified atom stereocenters. The SMILES string of the molecule is O=C(C1COc2ccccc2O1)N(CCCn1ccnc1)c1nc2c(F)cc(F)cc2s1. The molecule has 1 amide bonds. The maximum atomic E-state index is 14.2. The van der Waals surface area contributed by atoms with E-state index in [-0.39, 0.29) is 23.2 Å². The minimum absolute atomic E-state index is 0.0324. The molecule has 1 aliphatic heterocycles. The Morgan fingerprint density at radius 2 is 2.09 bits per heavy atom. The van der Waals surface area contributed by atoms with Gasteiger partial charge in [0.2, 0.25) is 6.10 Å². The van der Waals surface area contributed by atoms with Crippen molar-refractivity contribution < 1.29 is 23.0 Å². The molecule has 0 saturated carbocycles. The van der Waals surface area contributed by atoms with Gasteiger partial charge in [-0.25, -0.2) is 18.7 Å². The molecule has 7 nitrogen and oxygen atoms in total. The summed E-state index contributed by atoms with van der Waals surface area (Å²) in [6.45, 7) is 0.979. The van der Waals surface area contributed by atoms with Crippen LogP contribution < -0.4 is 14.4 Å². The largest absolute Gasteiger partial charge is 0.485 e. The molecule has 2 aromatic heterocycles. The van der Waals surface area contributed by atoms with Gasteiger partial charge in [0.15, 0.2) is 22.4 Å². The highest BCUT2D eigenvalue weighted by Gasteiger charge is 2.33. The van der Waals surface area contributed by atoms with Gasteiger partial charge in [-0.05, 0) is 24.6 Å². The van der Waals surface area contributed by atoms with Crippen molar-refractivity contribution in [1.82, 2.24) is 14.5 Å². The first kappa shape index (κ1) is 20.4. The molecule has 0 radical (unpaired) electrons. The average Bonchev–Trinajstić information content (AvgIpc) is 3.46. The molecule has 3 heterocycles. The van der Waals surface area contributed by atoms with Crippen LogP contribution in [-0.2, 0) is 11.3 Å². The molecule has 0 bridgehead atoms. The summed E-state index contributed by atoms with van der Waals surface area (Å²) in [6.07, 6.45) is 4.91. The Bertz CT molecular complexity index is 1260. The van der Waals surface area contributed by atoms with Crippen LogP contribution in [0.3, 0.4) is 0 Å². The normalized spacial score (nSPS) is 15.1. The number of aromatic nitrogens is 3. The Hall–Kier alpha value is -3.53. The van der Waals surface area contributed by atoms with Crippen LogP contribution in [0.5, 0.6) is 11.5 Å². The second kappa shape index (κ2) is 8.54. The van der Waals surface area contributed by atoms with Crippen LogP contribution in [0, 0.1) is 11.6 Å². The Labute approximate surface area is 185 Å². The highest BCUT2D eigenvalue weighted by Crippen LogP contribution is 2.34. The van der Waals surface area contributed by atoms with Crippen LogP contribution in [0.15, 0.2) is 55.1 Å². The molecule has 164 valence electrons. The first-order valence-electron chi connectivity index (χ1n) is 9.99. The van der Waals surface area contributed by atoms with Crippen molar-refractivity contribution in [3.63, 3.8) is 0 Å². The number of fused-ring (bicyclic) bond motifs is 2. The van der Waals surface area contributed by atoms with Gasteiger partial charge in [-0.1, -0.05) is 23.5 Å². The Morgan fingerprint density at radius 3 is 2.91 bits per heavy atom. The molecular formula is C22H18F2N4O3S. The van der Waals surface area contributed by atoms with E-state index in [1.54, 1.807) is 30.7 Å². The van der Waals surface area contributed by atoms with Crippen LogP contribution >= 0.6 is 11.3 Å². The number of amides is 1. The van der Waals surface area contributed by atoms with Gasteiger partial charge in [0.1, 0.15) is 17.9 Å². The lowest BCUT2D eigenvalue weighted by Crippen LogP contribution is -2.47. The number of ether oxygens (including phenoxy) is 2. The number of halogens is 2. The van der Waals surface area contributed by atoms with E-state index in [9.17, 15) is 13.6 Å². The number of aryl methyl sites for hydroxylation is 1. The maximum Gasteiger partial charge on any atom is 0.273 e. The summed E-state index contributed by atoms with van der Waals surface area (Å²) in [6, 6.07) is 9.11. The number of hydrogen-bond acceptors (Lipinski definition) is 6. The van der Waals surface area contributed by atoms with Crippen molar-refractivity contribution in [1.29, 1.82) is 0 Å². The quantitative estimate of drug-likeness (QED) is 0.438. The van der Waals surface area contributed by atoms with Crippen LogP contribution in [0.1, 0.15) is 6.42 Å². The van der Waals surface area contributed by atoms with Crippen molar-refractivity contribution in [3.05, 3.63) is 66.8 Å². The van der Waals surface area contributed by atoms with Gasteiger partial charge in [0.05, 0.1) is 11.0 Å². The molecule has 5 rings (SSSR count). The summed E-state index contributed by atoms with van der Waals surface area (Å²) in [7, 11) is 0. The lowest BCUT2D eigenvalue weighted by atomic mass is 10.2. The average molecular weight is 456 g/mol. The van der Waals surface area contributed by atoms with E-state index < -0.39 is 17.7 Å². The maximum absolute atomic E-state index is 14.2. The predicted molar refractivity (Wildman–Crippen MR) is 115 cm³/mol. The fourth-order valence-corrected chi connectivity index (χ4v) is 4.54. The van der Waals surface area contributed by atoms with Crippen LogP contribution in [0.4, 0.5) is 13.9 Å². The summed E-state index contributed by atoms with van der Waals surface area (Å²) < 4.78 is 41.7. The first-order valence-corrected chi connectivity index (χ1v) is 10.8. The van der Waals surface area contributed by atoms with Crippen LogP contribution in [0.2, 0.25) is 0 Å². The van der Waals surface area contributed by atoms with Gasteiger partial charge >= 0.3 is 0 Å². The van der Waals surface area contributed by atoms with Crippen molar-refractivity contribution >= 4 is 32.6 Å². The Morgan fingerprint density at radius 1 is 1.25 bits per heavy atom. The van der Waals surface area contributed by atoms with Crippen molar-refractivity contribution in [2.24, 2.45) is 0 Å². The van der Waals surface area contributed by atoms with Crippen molar-refractivity contribution in [2.75, 3.05) is 18.1 Å².